The number of carbonyl (C=O) groups is 1. The van der Waals surface area contributed by atoms with Gasteiger partial charge in [-0.2, -0.15) is 0 Å². The molecule has 5 nitrogen and oxygen atoms in total. The fraction of sp³-hybridized carbons (Fsp3) is 0.364. The number of aromatic nitrogens is 3. The molecule has 0 aliphatic carbocycles. The number of likely N-dealkylation sites (tertiary alicyclic amines) is 1. The van der Waals surface area contributed by atoms with Gasteiger partial charge in [-0.25, -0.2) is 4.98 Å². The van der Waals surface area contributed by atoms with Crippen molar-refractivity contribution in [1.82, 2.24) is 19.0 Å². The lowest BCUT2D eigenvalue weighted by molar-refractivity contribution is 0.0682. The van der Waals surface area contributed by atoms with E-state index < -0.39 is 0 Å². The molecule has 0 bridgehead atoms. The van der Waals surface area contributed by atoms with Crippen molar-refractivity contribution < 1.29 is 4.79 Å². The van der Waals surface area contributed by atoms with E-state index >= 15 is 0 Å². The first kappa shape index (κ1) is 17.6. The van der Waals surface area contributed by atoms with Crippen molar-refractivity contribution in [3.63, 3.8) is 0 Å². The molecule has 0 atom stereocenters. The number of nitrogens with zero attached hydrogens (tertiary/aromatic N) is 4. The van der Waals surface area contributed by atoms with Gasteiger partial charge < -0.3 is 14.0 Å². The SMILES string of the molecule is CCc1nccn1CC1CCN(C(=O)c2cccc(-n3cccc3)c2)CC1. The third-order valence-electron chi connectivity index (χ3n) is 5.47. The summed E-state index contributed by atoms with van der Waals surface area (Å²) in [5, 5.41) is 0. The van der Waals surface area contributed by atoms with E-state index in [9.17, 15) is 4.79 Å². The molecule has 0 radical (unpaired) electrons. The molecule has 0 N–H and O–H groups in total. The Bertz CT molecular complexity index is 889. The van der Waals surface area contributed by atoms with Crippen molar-refractivity contribution in [2.45, 2.75) is 32.7 Å². The molecule has 5 heteroatoms. The summed E-state index contributed by atoms with van der Waals surface area (Å²) in [5.74, 6) is 1.90. The van der Waals surface area contributed by atoms with Gasteiger partial charge in [0, 0.05) is 62.1 Å². The molecule has 1 amide bonds. The number of piperidine rings is 1. The van der Waals surface area contributed by atoms with Crippen LogP contribution in [-0.4, -0.2) is 38.0 Å². The molecular weight excluding hydrogens is 336 g/mol. The molecule has 140 valence electrons. The number of aryl methyl sites for hydroxylation is 1. The van der Waals surface area contributed by atoms with E-state index in [-0.39, 0.29) is 5.91 Å². The Morgan fingerprint density at radius 2 is 1.89 bits per heavy atom. The second-order valence-electron chi connectivity index (χ2n) is 7.23. The molecule has 2 aromatic heterocycles. The molecule has 0 spiro atoms. The lowest BCUT2D eigenvalue weighted by Crippen LogP contribution is -2.39. The molecule has 1 aromatic carbocycles. The van der Waals surface area contributed by atoms with Crippen LogP contribution in [-0.2, 0) is 13.0 Å². The third-order valence-corrected chi connectivity index (χ3v) is 5.47. The third kappa shape index (κ3) is 3.82. The zero-order valence-corrected chi connectivity index (χ0v) is 15.8. The fourth-order valence-electron chi connectivity index (χ4n) is 3.91. The molecular formula is C22H26N4O. The van der Waals surface area contributed by atoms with E-state index in [1.807, 2.05) is 64.5 Å². The highest BCUT2D eigenvalue weighted by Crippen LogP contribution is 2.22. The van der Waals surface area contributed by atoms with E-state index in [0.717, 1.165) is 56.0 Å². The molecule has 1 saturated heterocycles. The molecule has 3 heterocycles. The molecule has 1 fully saturated rings. The highest BCUT2D eigenvalue weighted by atomic mass is 16.2. The Balaban J connectivity index is 1.38. The van der Waals surface area contributed by atoms with Gasteiger partial charge in [0.05, 0.1) is 0 Å². The minimum atomic E-state index is 0.138. The van der Waals surface area contributed by atoms with Crippen LogP contribution >= 0.6 is 0 Å². The summed E-state index contributed by atoms with van der Waals surface area (Å²) in [6.07, 6.45) is 11.0. The minimum Gasteiger partial charge on any atom is -0.339 e. The summed E-state index contributed by atoms with van der Waals surface area (Å²) in [7, 11) is 0. The lowest BCUT2D eigenvalue weighted by Gasteiger charge is -2.32. The Morgan fingerprint density at radius 3 is 2.63 bits per heavy atom. The highest BCUT2D eigenvalue weighted by molar-refractivity contribution is 5.94. The zero-order chi connectivity index (χ0) is 18.6. The van der Waals surface area contributed by atoms with Crippen LogP contribution < -0.4 is 0 Å². The van der Waals surface area contributed by atoms with Gasteiger partial charge in [0.1, 0.15) is 5.82 Å². The predicted octanol–water partition coefficient (Wildman–Crippen LogP) is 3.79. The minimum absolute atomic E-state index is 0.138. The normalized spacial score (nSPS) is 15.2. The first-order chi connectivity index (χ1) is 13.2. The second-order valence-corrected chi connectivity index (χ2v) is 7.23. The number of hydrogen-bond acceptors (Lipinski definition) is 2. The standard InChI is InChI=1S/C22H26N4O/c1-2-21-23-10-15-26(21)17-18-8-13-25(14-9-18)22(27)19-6-5-7-20(16-19)24-11-3-4-12-24/h3-7,10-12,15-16,18H,2,8-9,13-14,17H2,1H3. The van der Waals surface area contributed by atoms with E-state index in [4.69, 9.17) is 0 Å². The van der Waals surface area contributed by atoms with Gasteiger partial charge in [-0.05, 0) is 49.1 Å². The smallest absolute Gasteiger partial charge is 0.253 e. The number of benzene rings is 1. The molecule has 27 heavy (non-hydrogen) atoms. The van der Waals surface area contributed by atoms with Crippen LogP contribution in [0.4, 0.5) is 0 Å². The van der Waals surface area contributed by atoms with E-state index in [0.29, 0.717) is 5.92 Å². The molecule has 1 aliphatic heterocycles. The highest BCUT2D eigenvalue weighted by Gasteiger charge is 2.24. The number of amides is 1. The first-order valence-corrected chi connectivity index (χ1v) is 9.77. The summed E-state index contributed by atoms with van der Waals surface area (Å²) in [6.45, 7) is 4.80. The van der Waals surface area contributed by atoms with Gasteiger partial charge in [-0.3, -0.25) is 4.79 Å². The molecule has 4 rings (SSSR count). The first-order valence-electron chi connectivity index (χ1n) is 9.77. The van der Waals surface area contributed by atoms with Crippen molar-refractivity contribution >= 4 is 5.91 Å². The largest absolute Gasteiger partial charge is 0.339 e. The summed E-state index contributed by atoms with van der Waals surface area (Å²) < 4.78 is 4.29. The average molecular weight is 362 g/mol. The number of imidazole rings is 1. The fourth-order valence-corrected chi connectivity index (χ4v) is 3.91. The van der Waals surface area contributed by atoms with Crippen LogP contribution in [0.5, 0.6) is 0 Å². The van der Waals surface area contributed by atoms with Crippen LogP contribution in [0.25, 0.3) is 5.69 Å². The van der Waals surface area contributed by atoms with Crippen molar-refractivity contribution in [1.29, 1.82) is 0 Å². The second kappa shape index (κ2) is 7.82. The summed E-state index contributed by atoms with van der Waals surface area (Å²) in [5.41, 5.74) is 1.79. The Morgan fingerprint density at radius 1 is 1.11 bits per heavy atom. The van der Waals surface area contributed by atoms with Gasteiger partial charge >= 0.3 is 0 Å². The molecule has 0 unspecified atom stereocenters. The van der Waals surface area contributed by atoms with Crippen LogP contribution in [0.1, 0.15) is 35.9 Å². The van der Waals surface area contributed by atoms with Crippen LogP contribution in [0.15, 0.2) is 61.2 Å². The summed E-state index contributed by atoms with van der Waals surface area (Å²) in [4.78, 5) is 19.4. The van der Waals surface area contributed by atoms with Crippen LogP contribution in [0.3, 0.4) is 0 Å². The van der Waals surface area contributed by atoms with Gasteiger partial charge in [-0.15, -0.1) is 0 Å². The van der Waals surface area contributed by atoms with Crippen molar-refractivity contribution in [2.24, 2.45) is 5.92 Å². The topological polar surface area (TPSA) is 43.1 Å². The zero-order valence-electron chi connectivity index (χ0n) is 15.8. The molecule has 1 aliphatic rings. The monoisotopic (exact) mass is 362 g/mol. The Hall–Kier alpha value is -2.82. The number of carbonyl (C=O) groups excluding carboxylic acids is 1. The molecule has 0 saturated carbocycles. The van der Waals surface area contributed by atoms with Crippen LogP contribution in [0.2, 0.25) is 0 Å². The van der Waals surface area contributed by atoms with E-state index in [1.165, 1.54) is 0 Å². The van der Waals surface area contributed by atoms with Gasteiger partial charge in [0.2, 0.25) is 0 Å². The lowest BCUT2D eigenvalue weighted by atomic mass is 9.96. The van der Waals surface area contributed by atoms with Crippen molar-refractivity contribution in [2.75, 3.05) is 13.1 Å². The number of hydrogen-bond donors (Lipinski definition) is 0. The van der Waals surface area contributed by atoms with E-state index in [1.54, 1.807) is 0 Å². The number of rotatable bonds is 5. The maximum Gasteiger partial charge on any atom is 0.253 e. The van der Waals surface area contributed by atoms with E-state index in [2.05, 4.69) is 22.7 Å². The van der Waals surface area contributed by atoms with Crippen molar-refractivity contribution in [3.8, 4) is 5.69 Å². The average Bonchev–Trinajstić information content (AvgIpc) is 3.40. The Labute approximate surface area is 160 Å². The predicted molar refractivity (Wildman–Crippen MR) is 106 cm³/mol. The summed E-state index contributed by atoms with van der Waals surface area (Å²) >= 11 is 0. The van der Waals surface area contributed by atoms with Crippen molar-refractivity contribution in [3.05, 3.63) is 72.6 Å². The van der Waals surface area contributed by atoms with Crippen LogP contribution in [0, 0.1) is 5.92 Å². The quantitative estimate of drug-likeness (QED) is 0.693. The Kier molecular flexibility index (Phi) is 5.10. The maximum absolute atomic E-state index is 12.9. The maximum atomic E-state index is 12.9. The molecule has 3 aromatic rings. The van der Waals surface area contributed by atoms with Gasteiger partial charge in [0.15, 0.2) is 0 Å². The van der Waals surface area contributed by atoms with Gasteiger partial charge in [0.25, 0.3) is 5.91 Å². The van der Waals surface area contributed by atoms with Gasteiger partial charge in [-0.1, -0.05) is 13.0 Å². The summed E-state index contributed by atoms with van der Waals surface area (Å²) in [6, 6.07) is 11.9.